The first kappa shape index (κ1) is 15.5. The minimum Gasteiger partial charge on any atom is -0.471 e. The summed E-state index contributed by atoms with van der Waals surface area (Å²) in [5, 5.41) is 0. The third-order valence-corrected chi connectivity index (χ3v) is 4.10. The van der Waals surface area contributed by atoms with Crippen molar-refractivity contribution < 1.29 is 19.1 Å². The van der Waals surface area contributed by atoms with E-state index >= 15 is 0 Å². The minimum absolute atomic E-state index is 0.471. The highest BCUT2D eigenvalue weighted by Gasteiger charge is 2.22. The lowest BCUT2D eigenvalue weighted by atomic mass is 9.84. The van der Waals surface area contributed by atoms with E-state index in [1.54, 1.807) is 0 Å². The molecule has 1 unspecified atom stereocenters. The molecule has 2 rings (SSSR count). The average molecular weight is 290 g/mol. The number of hydrogen-bond acceptors (Lipinski definition) is 4. The quantitative estimate of drug-likeness (QED) is 0.475. The van der Waals surface area contributed by atoms with E-state index in [4.69, 9.17) is 4.74 Å². The van der Waals surface area contributed by atoms with Gasteiger partial charge in [0.2, 0.25) is 6.10 Å². The third kappa shape index (κ3) is 3.84. The van der Waals surface area contributed by atoms with Crippen molar-refractivity contribution in [1.29, 1.82) is 0 Å². The normalized spacial score (nSPS) is 17.0. The highest BCUT2D eigenvalue weighted by Crippen LogP contribution is 2.35. The van der Waals surface area contributed by atoms with Gasteiger partial charge in [-0.2, -0.15) is 0 Å². The molecule has 114 valence electrons. The SMILES string of the molecule is COC(=O)C(C=O)Oc1cc(C2CCCCC2)ccc1C. The maximum Gasteiger partial charge on any atom is 0.354 e. The molecule has 0 saturated heterocycles. The predicted molar refractivity (Wildman–Crippen MR) is 79.5 cm³/mol. The van der Waals surface area contributed by atoms with Crippen LogP contribution in [0.25, 0.3) is 0 Å². The van der Waals surface area contributed by atoms with Gasteiger partial charge in [0.25, 0.3) is 0 Å². The van der Waals surface area contributed by atoms with Gasteiger partial charge in [0.1, 0.15) is 5.75 Å². The molecule has 4 heteroatoms. The molecule has 0 bridgehead atoms. The number of aldehydes is 1. The second kappa shape index (κ2) is 7.25. The Kier molecular flexibility index (Phi) is 5.37. The van der Waals surface area contributed by atoms with E-state index in [1.165, 1.54) is 44.8 Å². The number of benzene rings is 1. The topological polar surface area (TPSA) is 52.6 Å². The zero-order valence-corrected chi connectivity index (χ0v) is 12.6. The second-order valence-corrected chi connectivity index (χ2v) is 5.56. The van der Waals surface area contributed by atoms with E-state index in [0.717, 1.165) is 5.56 Å². The van der Waals surface area contributed by atoms with Gasteiger partial charge in [-0.25, -0.2) is 4.79 Å². The molecule has 0 heterocycles. The Bertz CT molecular complexity index is 504. The lowest BCUT2D eigenvalue weighted by Crippen LogP contribution is -2.30. The summed E-state index contributed by atoms with van der Waals surface area (Å²) in [6, 6.07) is 6.06. The van der Waals surface area contributed by atoms with Crippen molar-refractivity contribution in [3.63, 3.8) is 0 Å². The molecule has 4 nitrogen and oxygen atoms in total. The van der Waals surface area contributed by atoms with Crippen LogP contribution in [0.1, 0.15) is 49.1 Å². The molecular formula is C17H22O4. The van der Waals surface area contributed by atoms with Crippen LogP contribution in [0, 0.1) is 6.92 Å². The molecule has 1 aromatic carbocycles. The molecule has 0 N–H and O–H groups in total. The number of esters is 1. The molecule has 0 aromatic heterocycles. The number of methoxy groups -OCH3 is 1. The summed E-state index contributed by atoms with van der Waals surface area (Å²) in [7, 11) is 1.24. The lowest BCUT2D eigenvalue weighted by molar-refractivity contribution is -0.150. The van der Waals surface area contributed by atoms with Crippen molar-refractivity contribution >= 4 is 12.3 Å². The molecule has 0 radical (unpaired) electrons. The highest BCUT2D eigenvalue weighted by molar-refractivity contribution is 5.91. The predicted octanol–water partition coefficient (Wildman–Crippen LogP) is 3.16. The van der Waals surface area contributed by atoms with Crippen LogP contribution >= 0.6 is 0 Å². The van der Waals surface area contributed by atoms with E-state index in [0.29, 0.717) is 18.0 Å². The summed E-state index contributed by atoms with van der Waals surface area (Å²) in [4.78, 5) is 22.4. The van der Waals surface area contributed by atoms with E-state index in [2.05, 4.69) is 10.8 Å². The Labute approximate surface area is 125 Å². The molecule has 1 fully saturated rings. The minimum atomic E-state index is -1.20. The van der Waals surface area contributed by atoms with Crippen LogP contribution in [-0.2, 0) is 14.3 Å². The molecule has 1 aliphatic rings. The van der Waals surface area contributed by atoms with Crippen LogP contribution in [-0.4, -0.2) is 25.5 Å². The summed E-state index contributed by atoms with van der Waals surface area (Å²) in [5.41, 5.74) is 2.13. The van der Waals surface area contributed by atoms with Crippen molar-refractivity contribution in [2.24, 2.45) is 0 Å². The molecule has 0 aliphatic heterocycles. The van der Waals surface area contributed by atoms with Gasteiger partial charge in [0, 0.05) is 0 Å². The Hall–Kier alpha value is -1.84. The molecule has 0 spiro atoms. The molecule has 1 aliphatic carbocycles. The van der Waals surface area contributed by atoms with E-state index in [1.807, 2.05) is 19.1 Å². The highest BCUT2D eigenvalue weighted by atomic mass is 16.6. The van der Waals surface area contributed by atoms with Gasteiger partial charge < -0.3 is 9.47 Å². The van der Waals surface area contributed by atoms with E-state index in [9.17, 15) is 9.59 Å². The monoisotopic (exact) mass is 290 g/mol. The molecule has 0 amide bonds. The number of carbonyl (C=O) groups excluding carboxylic acids is 2. The molecular weight excluding hydrogens is 268 g/mol. The van der Waals surface area contributed by atoms with Crippen LogP contribution in [0.15, 0.2) is 18.2 Å². The number of carbonyl (C=O) groups is 2. The molecule has 1 aromatic rings. The van der Waals surface area contributed by atoms with Crippen LogP contribution in [0.4, 0.5) is 0 Å². The summed E-state index contributed by atoms with van der Waals surface area (Å²) < 4.78 is 10.1. The van der Waals surface area contributed by atoms with E-state index in [-0.39, 0.29) is 0 Å². The first-order valence-electron chi connectivity index (χ1n) is 7.46. The average Bonchev–Trinajstić information content (AvgIpc) is 2.54. The zero-order valence-electron chi connectivity index (χ0n) is 12.6. The Morgan fingerprint density at radius 2 is 2.00 bits per heavy atom. The van der Waals surface area contributed by atoms with Gasteiger partial charge in [-0.1, -0.05) is 31.4 Å². The second-order valence-electron chi connectivity index (χ2n) is 5.56. The van der Waals surface area contributed by atoms with Gasteiger partial charge in [-0.15, -0.1) is 0 Å². The van der Waals surface area contributed by atoms with Crippen LogP contribution in [0.2, 0.25) is 0 Å². The van der Waals surface area contributed by atoms with Crippen molar-refractivity contribution in [3.8, 4) is 5.75 Å². The Balaban J connectivity index is 2.18. The summed E-state index contributed by atoms with van der Waals surface area (Å²) in [6.07, 6.45) is 5.48. The number of aryl methyl sites for hydroxylation is 1. The largest absolute Gasteiger partial charge is 0.471 e. The van der Waals surface area contributed by atoms with Crippen LogP contribution < -0.4 is 4.74 Å². The summed E-state index contributed by atoms with van der Waals surface area (Å²) in [6.45, 7) is 1.90. The van der Waals surface area contributed by atoms with Gasteiger partial charge in [0.05, 0.1) is 7.11 Å². The van der Waals surface area contributed by atoms with Gasteiger partial charge in [-0.3, -0.25) is 4.79 Å². The fourth-order valence-electron chi connectivity index (χ4n) is 2.82. The summed E-state index contributed by atoms with van der Waals surface area (Å²) >= 11 is 0. The first-order chi connectivity index (χ1) is 10.2. The maximum atomic E-state index is 11.5. The van der Waals surface area contributed by atoms with Gasteiger partial charge in [0.15, 0.2) is 6.29 Å². The van der Waals surface area contributed by atoms with Crippen LogP contribution in [0.3, 0.4) is 0 Å². The molecule has 21 heavy (non-hydrogen) atoms. The van der Waals surface area contributed by atoms with Crippen molar-refractivity contribution in [2.75, 3.05) is 7.11 Å². The zero-order chi connectivity index (χ0) is 15.2. The smallest absolute Gasteiger partial charge is 0.354 e. The first-order valence-corrected chi connectivity index (χ1v) is 7.46. The van der Waals surface area contributed by atoms with Crippen molar-refractivity contribution in [3.05, 3.63) is 29.3 Å². The molecule has 1 saturated carbocycles. The lowest BCUT2D eigenvalue weighted by Gasteiger charge is -2.23. The van der Waals surface area contributed by atoms with Gasteiger partial charge >= 0.3 is 5.97 Å². The number of hydrogen-bond donors (Lipinski definition) is 0. The molecule has 1 atom stereocenters. The third-order valence-electron chi connectivity index (χ3n) is 4.10. The standard InChI is InChI=1S/C17H22O4/c1-12-8-9-14(13-6-4-3-5-7-13)10-15(12)21-16(11-18)17(19)20-2/h8-11,13,16H,3-7H2,1-2H3. The Morgan fingerprint density at radius 3 is 2.62 bits per heavy atom. The van der Waals surface area contributed by atoms with Crippen LogP contribution in [0.5, 0.6) is 5.75 Å². The fraction of sp³-hybridized carbons (Fsp3) is 0.529. The maximum absolute atomic E-state index is 11.5. The van der Waals surface area contributed by atoms with E-state index < -0.39 is 12.1 Å². The van der Waals surface area contributed by atoms with Gasteiger partial charge in [-0.05, 0) is 42.9 Å². The van der Waals surface area contributed by atoms with Crippen molar-refractivity contribution in [1.82, 2.24) is 0 Å². The van der Waals surface area contributed by atoms with Crippen molar-refractivity contribution in [2.45, 2.75) is 51.0 Å². The number of rotatable bonds is 5. The summed E-state index contributed by atoms with van der Waals surface area (Å²) in [5.74, 6) is 0.461. The number of ether oxygens (including phenoxy) is 2. The fourth-order valence-corrected chi connectivity index (χ4v) is 2.82. The Morgan fingerprint density at radius 1 is 1.29 bits per heavy atom.